The van der Waals surface area contributed by atoms with Crippen LogP contribution in [-0.4, -0.2) is 29.5 Å². The minimum atomic E-state index is -0.00263. The summed E-state index contributed by atoms with van der Waals surface area (Å²) in [5.41, 5.74) is 6.43. The molecule has 0 unspecified atom stereocenters. The molecule has 0 aliphatic heterocycles. The summed E-state index contributed by atoms with van der Waals surface area (Å²) in [4.78, 5) is 13.7. The number of hydrogen-bond donors (Lipinski definition) is 1. The maximum Gasteiger partial charge on any atom is 0.219 e. The van der Waals surface area contributed by atoms with E-state index in [0.717, 1.165) is 11.3 Å². The fraction of sp³-hybridized carbons (Fsp3) is 0.385. The molecule has 0 aromatic heterocycles. The minimum Gasteiger partial charge on any atom is -0.496 e. The predicted octanol–water partition coefficient (Wildman–Crippen LogP) is 1.72. The number of para-hydroxylation sites is 1. The summed E-state index contributed by atoms with van der Waals surface area (Å²) in [6, 6.07) is 7.63. The van der Waals surface area contributed by atoms with Crippen LogP contribution in [0.15, 0.2) is 24.3 Å². The first kappa shape index (κ1) is 14.4. The van der Waals surface area contributed by atoms with E-state index in [1.165, 1.54) is 6.92 Å². The molecule has 0 bridgehead atoms. The van der Waals surface area contributed by atoms with Crippen LogP contribution in [0.25, 0.3) is 0 Å². The first-order valence-electron chi connectivity index (χ1n) is 5.70. The lowest BCUT2D eigenvalue weighted by Gasteiger charge is -2.22. The molecule has 2 N–H and O–H groups in total. The van der Waals surface area contributed by atoms with Gasteiger partial charge in [0.1, 0.15) is 5.75 Å². The lowest BCUT2D eigenvalue weighted by atomic mass is 10.2. The monoisotopic (exact) mass is 266 g/mol. The van der Waals surface area contributed by atoms with Crippen molar-refractivity contribution in [3.8, 4) is 5.75 Å². The topological polar surface area (TPSA) is 55.6 Å². The molecule has 0 aliphatic carbocycles. The molecule has 18 heavy (non-hydrogen) atoms. The highest BCUT2D eigenvalue weighted by molar-refractivity contribution is 7.80. The summed E-state index contributed by atoms with van der Waals surface area (Å²) in [5, 5.41) is 0. The molecule has 4 nitrogen and oxygen atoms in total. The second-order valence-corrected chi connectivity index (χ2v) is 4.49. The number of benzene rings is 1. The van der Waals surface area contributed by atoms with Crippen LogP contribution in [0, 0.1) is 0 Å². The molecule has 0 saturated heterocycles. The third-order valence-corrected chi connectivity index (χ3v) is 2.83. The Kier molecular flexibility index (Phi) is 5.58. The first-order chi connectivity index (χ1) is 8.54. The maximum atomic E-state index is 11.6. The van der Waals surface area contributed by atoms with Gasteiger partial charge in [-0.15, -0.1) is 0 Å². The number of nitrogens with zero attached hydrogens (tertiary/aromatic N) is 1. The van der Waals surface area contributed by atoms with Crippen molar-refractivity contribution in [3.63, 3.8) is 0 Å². The van der Waals surface area contributed by atoms with Crippen molar-refractivity contribution in [3.05, 3.63) is 29.8 Å². The van der Waals surface area contributed by atoms with E-state index < -0.39 is 0 Å². The number of amides is 1. The molecule has 5 heteroatoms. The fourth-order valence-electron chi connectivity index (χ4n) is 1.63. The molecule has 0 fully saturated rings. The largest absolute Gasteiger partial charge is 0.496 e. The van der Waals surface area contributed by atoms with Crippen molar-refractivity contribution >= 4 is 23.1 Å². The highest BCUT2D eigenvalue weighted by Crippen LogP contribution is 2.19. The Labute approximate surface area is 113 Å². The van der Waals surface area contributed by atoms with Gasteiger partial charge in [-0.2, -0.15) is 0 Å². The highest BCUT2D eigenvalue weighted by Gasteiger charge is 2.12. The van der Waals surface area contributed by atoms with Crippen LogP contribution in [0.3, 0.4) is 0 Å². The van der Waals surface area contributed by atoms with Gasteiger partial charge < -0.3 is 15.4 Å². The molecule has 0 aliphatic rings. The second-order valence-electron chi connectivity index (χ2n) is 3.97. The van der Waals surface area contributed by atoms with E-state index in [0.29, 0.717) is 24.5 Å². The highest BCUT2D eigenvalue weighted by atomic mass is 32.1. The van der Waals surface area contributed by atoms with Crippen molar-refractivity contribution in [1.29, 1.82) is 0 Å². The number of carbonyl (C=O) groups excluding carboxylic acids is 1. The van der Waals surface area contributed by atoms with Gasteiger partial charge in [0.05, 0.1) is 12.1 Å². The molecule has 0 radical (unpaired) electrons. The van der Waals surface area contributed by atoms with Gasteiger partial charge in [0.15, 0.2) is 0 Å². The summed E-state index contributed by atoms with van der Waals surface area (Å²) in [5.74, 6) is 0.774. The molecule has 1 rings (SSSR count). The molecule has 1 aromatic rings. The number of rotatable bonds is 6. The summed E-state index contributed by atoms with van der Waals surface area (Å²) < 4.78 is 5.26. The van der Waals surface area contributed by atoms with Gasteiger partial charge in [-0.25, -0.2) is 0 Å². The average Bonchev–Trinajstić information content (AvgIpc) is 2.34. The lowest BCUT2D eigenvalue weighted by Crippen LogP contribution is -2.31. The smallest absolute Gasteiger partial charge is 0.219 e. The maximum absolute atomic E-state index is 11.6. The van der Waals surface area contributed by atoms with Crippen LogP contribution in [-0.2, 0) is 11.3 Å². The first-order valence-corrected chi connectivity index (χ1v) is 6.11. The average molecular weight is 266 g/mol. The normalized spacial score (nSPS) is 9.89. The zero-order valence-corrected chi connectivity index (χ0v) is 11.5. The molecular weight excluding hydrogens is 248 g/mol. The number of hydrogen-bond acceptors (Lipinski definition) is 3. The number of nitrogens with two attached hydrogens (primary N) is 1. The van der Waals surface area contributed by atoms with Crippen molar-refractivity contribution in [2.24, 2.45) is 5.73 Å². The van der Waals surface area contributed by atoms with E-state index in [2.05, 4.69) is 0 Å². The van der Waals surface area contributed by atoms with Gasteiger partial charge >= 0.3 is 0 Å². The summed E-state index contributed by atoms with van der Waals surface area (Å²) in [6.07, 6.45) is 0.532. The third-order valence-electron chi connectivity index (χ3n) is 2.63. The van der Waals surface area contributed by atoms with Crippen LogP contribution in [0.4, 0.5) is 0 Å². The Morgan fingerprint density at radius 2 is 2.11 bits per heavy atom. The number of thiocarbonyl (C=S) groups is 1. The lowest BCUT2D eigenvalue weighted by molar-refractivity contribution is -0.129. The Morgan fingerprint density at radius 1 is 1.44 bits per heavy atom. The van der Waals surface area contributed by atoms with Crippen molar-refractivity contribution in [2.45, 2.75) is 19.9 Å². The van der Waals surface area contributed by atoms with Gasteiger partial charge in [0.25, 0.3) is 0 Å². The molecule has 0 saturated carbocycles. The molecule has 98 valence electrons. The van der Waals surface area contributed by atoms with Crippen LogP contribution in [0.2, 0.25) is 0 Å². The number of methoxy groups -OCH3 is 1. The van der Waals surface area contributed by atoms with E-state index in [4.69, 9.17) is 22.7 Å². The third kappa shape index (κ3) is 4.33. The molecule has 0 heterocycles. The summed E-state index contributed by atoms with van der Waals surface area (Å²) in [6.45, 7) is 2.57. The van der Waals surface area contributed by atoms with Crippen LogP contribution in [0.1, 0.15) is 18.9 Å². The second kappa shape index (κ2) is 6.96. The van der Waals surface area contributed by atoms with E-state index in [1.54, 1.807) is 12.0 Å². The molecule has 0 atom stereocenters. The van der Waals surface area contributed by atoms with E-state index in [1.807, 2.05) is 24.3 Å². The minimum absolute atomic E-state index is 0.00263. The Morgan fingerprint density at radius 3 is 2.67 bits per heavy atom. The van der Waals surface area contributed by atoms with E-state index in [9.17, 15) is 4.79 Å². The van der Waals surface area contributed by atoms with Crippen LogP contribution >= 0.6 is 12.2 Å². The number of carbonyl (C=O) groups is 1. The molecule has 1 amide bonds. The van der Waals surface area contributed by atoms with E-state index >= 15 is 0 Å². The summed E-state index contributed by atoms with van der Waals surface area (Å²) in [7, 11) is 1.62. The quantitative estimate of drug-likeness (QED) is 0.797. The molecule has 0 spiro atoms. The van der Waals surface area contributed by atoms with Gasteiger partial charge in [-0.1, -0.05) is 30.4 Å². The molecule has 1 aromatic carbocycles. The predicted molar refractivity (Wildman–Crippen MR) is 75.5 cm³/mol. The fourth-order valence-corrected chi connectivity index (χ4v) is 1.72. The Balaban J connectivity index is 2.76. The van der Waals surface area contributed by atoms with Gasteiger partial charge in [0.2, 0.25) is 5.91 Å². The zero-order chi connectivity index (χ0) is 13.5. The zero-order valence-electron chi connectivity index (χ0n) is 10.7. The van der Waals surface area contributed by atoms with Crippen molar-refractivity contribution < 1.29 is 9.53 Å². The van der Waals surface area contributed by atoms with Crippen LogP contribution < -0.4 is 10.5 Å². The van der Waals surface area contributed by atoms with Gasteiger partial charge in [-0.3, -0.25) is 4.79 Å². The Bertz CT molecular complexity index is 435. The standard InChI is InChI=1S/C13H18N2O2S/c1-10(16)15(8-7-13(14)18)9-11-5-3-4-6-12(11)17-2/h3-6H,7-9H2,1-2H3,(H2,14,18). The van der Waals surface area contributed by atoms with Crippen molar-refractivity contribution in [1.82, 2.24) is 4.90 Å². The SMILES string of the molecule is COc1ccccc1CN(CCC(N)=S)C(C)=O. The molecular formula is C13H18N2O2S. The van der Waals surface area contributed by atoms with Gasteiger partial charge in [0, 0.05) is 32.0 Å². The Hall–Kier alpha value is -1.62. The number of ether oxygens (including phenoxy) is 1. The summed E-state index contributed by atoms with van der Waals surface area (Å²) >= 11 is 4.83. The van der Waals surface area contributed by atoms with E-state index in [-0.39, 0.29) is 5.91 Å². The van der Waals surface area contributed by atoms with Gasteiger partial charge in [-0.05, 0) is 6.07 Å². The van der Waals surface area contributed by atoms with Crippen molar-refractivity contribution in [2.75, 3.05) is 13.7 Å². The van der Waals surface area contributed by atoms with Crippen LogP contribution in [0.5, 0.6) is 5.75 Å².